The Kier molecular flexibility index (Phi) is 5.36. The van der Waals surface area contributed by atoms with Gasteiger partial charge in [0.05, 0.1) is 5.92 Å². The van der Waals surface area contributed by atoms with Crippen molar-refractivity contribution < 1.29 is 14.6 Å². The van der Waals surface area contributed by atoms with Crippen LogP contribution in [0, 0.1) is 17.8 Å². The Morgan fingerprint density at radius 2 is 1.85 bits per heavy atom. The predicted molar refractivity (Wildman–Crippen MR) is 101 cm³/mol. The summed E-state index contributed by atoms with van der Waals surface area (Å²) in [5, 5.41) is 9.23. The van der Waals surface area contributed by atoms with E-state index in [-0.39, 0.29) is 24.9 Å². The highest BCUT2D eigenvalue weighted by atomic mass is 16.7. The largest absolute Gasteiger partial charge is 0.384 e. The molecule has 0 spiro atoms. The van der Waals surface area contributed by atoms with Gasteiger partial charge in [0.25, 0.3) is 0 Å². The van der Waals surface area contributed by atoms with E-state index in [0.29, 0.717) is 0 Å². The lowest BCUT2D eigenvalue weighted by Crippen LogP contribution is -2.28. The molecule has 0 aromatic heterocycles. The highest BCUT2D eigenvalue weighted by Gasteiger charge is 2.32. The van der Waals surface area contributed by atoms with E-state index in [1.165, 1.54) is 16.7 Å². The van der Waals surface area contributed by atoms with E-state index in [1.807, 2.05) is 0 Å². The van der Waals surface area contributed by atoms with Gasteiger partial charge >= 0.3 is 0 Å². The fraction of sp³-hybridized carbons (Fsp3) is 0.391. The number of hydrogen-bond donors (Lipinski definition) is 1. The summed E-state index contributed by atoms with van der Waals surface area (Å²) in [6.45, 7) is 0.624. The van der Waals surface area contributed by atoms with Crippen LogP contribution < -0.4 is 0 Å². The van der Waals surface area contributed by atoms with Crippen LogP contribution in [0.2, 0.25) is 0 Å². The molecule has 4 rings (SSSR count). The standard InChI is InChI=1S/C23H24O3/c24-14-7-9-18-16-17-8-1-2-10-19(17)20-11-3-4-12-21(20)23(18)26-22-13-5-6-15-25-22/h1-4,8,10-12,18,22-24H,5-6,13-16H2. The molecule has 2 aromatic carbocycles. The van der Waals surface area contributed by atoms with E-state index in [4.69, 9.17) is 9.47 Å². The molecule has 0 saturated carbocycles. The number of hydrogen-bond acceptors (Lipinski definition) is 3. The molecule has 3 nitrogen and oxygen atoms in total. The Balaban J connectivity index is 1.78. The van der Waals surface area contributed by atoms with Crippen LogP contribution in [0.15, 0.2) is 48.5 Å². The van der Waals surface area contributed by atoms with Gasteiger partial charge < -0.3 is 14.6 Å². The van der Waals surface area contributed by atoms with Crippen molar-refractivity contribution in [1.29, 1.82) is 0 Å². The van der Waals surface area contributed by atoms with Gasteiger partial charge in [-0.2, -0.15) is 0 Å². The van der Waals surface area contributed by atoms with E-state index in [9.17, 15) is 5.11 Å². The maximum absolute atomic E-state index is 9.23. The second-order valence-corrected chi connectivity index (χ2v) is 6.89. The quantitative estimate of drug-likeness (QED) is 0.830. The molecule has 0 bridgehead atoms. The number of fused-ring (bicyclic) bond motifs is 3. The van der Waals surface area contributed by atoms with E-state index < -0.39 is 0 Å². The van der Waals surface area contributed by atoms with Crippen molar-refractivity contribution in [3.63, 3.8) is 0 Å². The van der Waals surface area contributed by atoms with E-state index >= 15 is 0 Å². The van der Waals surface area contributed by atoms with Crippen LogP contribution in [0.1, 0.15) is 36.5 Å². The maximum atomic E-state index is 9.23. The molecule has 1 fully saturated rings. The summed E-state index contributed by atoms with van der Waals surface area (Å²) in [5.41, 5.74) is 4.88. The van der Waals surface area contributed by atoms with Crippen LogP contribution in [-0.4, -0.2) is 24.6 Å². The zero-order valence-electron chi connectivity index (χ0n) is 14.9. The highest BCUT2D eigenvalue weighted by molar-refractivity contribution is 5.72. The Labute approximate surface area is 155 Å². The lowest BCUT2D eigenvalue weighted by molar-refractivity contribution is -0.196. The molecule has 1 saturated heterocycles. The predicted octanol–water partition coefficient (Wildman–Crippen LogP) is 4.11. The average molecular weight is 348 g/mol. The first-order chi connectivity index (χ1) is 12.9. The fourth-order valence-corrected chi connectivity index (χ4v) is 3.97. The molecule has 2 aromatic rings. The third-order valence-corrected chi connectivity index (χ3v) is 5.18. The van der Waals surface area contributed by atoms with E-state index in [0.717, 1.165) is 37.9 Å². The zero-order valence-corrected chi connectivity index (χ0v) is 14.9. The monoisotopic (exact) mass is 348 g/mol. The zero-order chi connectivity index (χ0) is 17.8. The van der Waals surface area contributed by atoms with Crippen LogP contribution in [-0.2, 0) is 15.9 Å². The summed E-state index contributed by atoms with van der Waals surface area (Å²) in [6.07, 6.45) is 3.61. The number of ether oxygens (including phenoxy) is 2. The molecule has 26 heavy (non-hydrogen) atoms. The second kappa shape index (κ2) is 8.05. The minimum Gasteiger partial charge on any atom is -0.384 e. The van der Waals surface area contributed by atoms with Gasteiger partial charge in [-0.25, -0.2) is 0 Å². The molecule has 3 atom stereocenters. The Bertz CT molecular complexity index is 811. The normalized spacial score (nSPS) is 24.6. The molecule has 2 aliphatic rings. The summed E-state index contributed by atoms with van der Waals surface area (Å²) in [4.78, 5) is 0. The van der Waals surface area contributed by atoms with Gasteiger partial charge in [0.2, 0.25) is 0 Å². The Hall–Kier alpha value is -2.12. The summed E-state index contributed by atoms with van der Waals surface area (Å²) in [6, 6.07) is 16.9. The van der Waals surface area contributed by atoms with E-state index in [1.54, 1.807) is 0 Å². The highest BCUT2D eigenvalue weighted by Crippen LogP contribution is 2.42. The van der Waals surface area contributed by atoms with Crippen molar-refractivity contribution in [2.75, 3.05) is 13.2 Å². The van der Waals surface area contributed by atoms with Gasteiger partial charge in [-0.3, -0.25) is 0 Å². The number of aliphatic hydroxyl groups is 1. The first kappa shape index (κ1) is 17.3. The second-order valence-electron chi connectivity index (χ2n) is 6.89. The molecule has 3 unspecified atom stereocenters. The average Bonchev–Trinajstić information content (AvgIpc) is 2.83. The molecule has 0 radical (unpaired) electrons. The van der Waals surface area contributed by atoms with Gasteiger partial charge in [0, 0.05) is 6.61 Å². The van der Waals surface area contributed by atoms with Crippen molar-refractivity contribution in [1.82, 2.24) is 0 Å². The summed E-state index contributed by atoms with van der Waals surface area (Å²) in [7, 11) is 0. The minimum absolute atomic E-state index is 0.0162. The lowest BCUT2D eigenvalue weighted by atomic mass is 9.92. The van der Waals surface area contributed by atoms with Crippen LogP contribution >= 0.6 is 0 Å². The molecular weight excluding hydrogens is 324 g/mol. The number of aliphatic hydroxyl groups excluding tert-OH is 1. The van der Waals surface area contributed by atoms with E-state index in [2.05, 4.69) is 60.4 Å². The minimum atomic E-state index is -0.179. The lowest BCUT2D eigenvalue weighted by Gasteiger charge is -2.30. The third kappa shape index (κ3) is 3.54. The van der Waals surface area contributed by atoms with Gasteiger partial charge in [-0.15, -0.1) is 0 Å². The third-order valence-electron chi connectivity index (χ3n) is 5.18. The van der Waals surface area contributed by atoms with Crippen molar-refractivity contribution in [3.8, 4) is 23.0 Å². The van der Waals surface area contributed by atoms with Crippen LogP contribution in [0.3, 0.4) is 0 Å². The number of rotatable bonds is 2. The smallest absolute Gasteiger partial charge is 0.158 e. The first-order valence-electron chi connectivity index (χ1n) is 9.40. The van der Waals surface area contributed by atoms with Crippen molar-refractivity contribution in [3.05, 3.63) is 59.7 Å². The molecule has 1 N–H and O–H groups in total. The van der Waals surface area contributed by atoms with Crippen molar-refractivity contribution in [2.45, 2.75) is 38.1 Å². The number of benzene rings is 2. The summed E-state index contributed by atoms with van der Waals surface area (Å²) < 4.78 is 12.3. The SMILES string of the molecule is OCC#CC1Cc2ccccc2-c2ccccc2C1OC1CCCCO1. The molecule has 1 aliphatic carbocycles. The molecule has 1 aliphatic heterocycles. The Morgan fingerprint density at radius 1 is 1.04 bits per heavy atom. The molecular formula is C23H24O3. The first-order valence-corrected chi connectivity index (χ1v) is 9.40. The van der Waals surface area contributed by atoms with Gasteiger partial charge in [-0.1, -0.05) is 60.4 Å². The van der Waals surface area contributed by atoms with Gasteiger partial charge in [0.15, 0.2) is 6.29 Å². The van der Waals surface area contributed by atoms with Crippen LogP contribution in [0.4, 0.5) is 0 Å². The van der Waals surface area contributed by atoms with Crippen LogP contribution in [0.25, 0.3) is 11.1 Å². The Morgan fingerprint density at radius 3 is 2.65 bits per heavy atom. The molecule has 3 heteroatoms. The molecule has 0 amide bonds. The topological polar surface area (TPSA) is 38.7 Å². The van der Waals surface area contributed by atoms with Gasteiger partial charge in [0.1, 0.15) is 12.7 Å². The summed E-state index contributed by atoms with van der Waals surface area (Å²) >= 11 is 0. The molecule has 1 heterocycles. The van der Waals surface area contributed by atoms with Crippen molar-refractivity contribution >= 4 is 0 Å². The maximum Gasteiger partial charge on any atom is 0.158 e. The van der Waals surface area contributed by atoms with Gasteiger partial charge in [-0.05, 0) is 47.9 Å². The summed E-state index contributed by atoms with van der Waals surface area (Å²) in [5.74, 6) is 6.10. The fourth-order valence-electron chi connectivity index (χ4n) is 3.97. The van der Waals surface area contributed by atoms with Crippen molar-refractivity contribution in [2.24, 2.45) is 5.92 Å². The molecule has 134 valence electrons. The van der Waals surface area contributed by atoms with Crippen LogP contribution in [0.5, 0.6) is 0 Å².